The molecule has 0 aliphatic rings. The second kappa shape index (κ2) is 7.97. The number of sulfone groups is 1. The molecular weight excluding hydrogens is 293 g/mol. The number of benzene rings is 1. The zero-order chi connectivity index (χ0) is 15.9. The molecule has 0 spiro atoms. The Labute approximate surface area is 125 Å². The molecule has 0 fully saturated rings. The standard InChI is InChI=1S/C14H22FN3O2S/c1-4-21(19,20)8-7-17-14(16-3)18-10-12-6-5-11(2)13(15)9-12/h5-6,9H,4,7-8,10H2,1-3H3,(H2,16,17,18). The summed E-state index contributed by atoms with van der Waals surface area (Å²) < 4.78 is 36.2. The van der Waals surface area contributed by atoms with Crippen LogP contribution in [0, 0.1) is 12.7 Å². The monoisotopic (exact) mass is 315 g/mol. The average molecular weight is 315 g/mol. The maximum absolute atomic E-state index is 13.4. The molecule has 7 heteroatoms. The molecule has 21 heavy (non-hydrogen) atoms. The molecule has 5 nitrogen and oxygen atoms in total. The van der Waals surface area contributed by atoms with Crippen molar-refractivity contribution in [1.82, 2.24) is 10.6 Å². The van der Waals surface area contributed by atoms with Gasteiger partial charge < -0.3 is 10.6 Å². The van der Waals surface area contributed by atoms with Crippen molar-refractivity contribution in [2.45, 2.75) is 20.4 Å². The van der Waals surface area contributed by atoms with Gasteiger partial charge in [0.2, 0.25) is 0 Å². The summed E-state index contributed by atoms with van der Waals surface area (Å²) in [5, 5.41) is 5.94. The van der Waals surface area contributed by atoms with E-state index in [1.165, 1.54) is 6.07 Å². The lowest BCUT2D eigenvalue weighted by Crippen LogP contribution is -2.39. The van der Waals surface area contributed by atoms with Gasteiger partial charge in [-0.15, -0.1) is 0 Å². The number of guanidine groups is 1. The van der Waals surface area contributed by atoms with Gasteiger partial charge in [0.05, 0.1) is 5.75 Å². The molecule has 0 aliphatic carbocycles. The Bertz CT molecular complexity index is 600. The first kappa shape index (κ1) is 17.4. The first-order valence-corrected chi connectivity index (χ1v) is 8.60. The molecule has 0 aromatic heterocycles. The molecular formula is C14H22FN3O2S. The molecule has 0 saturated heterocycles. The average Bonchev–Trinajstić information content (AvgIpc) is 2.46. The summed E-state index contributed by atoms with van der Waals surface area (Å²) in [4.78, 5) is 3.99. The number of nitrogens with one attached hydrogen (secondary N) is 2. The van der Waals surface area contributed by atoms with Gasteiger partial charge in [0.1, 0.15) is 5.82 Å². The number of halogens is 1. The highest BCUT2D eigenvalue weighted by atomic mass is 32.2. The largest absolute Gasteiger partial charge is 0.355 e. The summed E-state index contributed by atoms with van der Waals surface area (Å²) >= 11 is 0. The Hall–Kier alpha value is -1.63. The molecule has 1 aromatic rings. The summed E-state index contributed by atoms with van der Waals surface area (Å²) in [6, 6.07) is 5.02. The van der Waals surface area contributed by atoms with E-state index in [0.29, 0.717) is 18.1 Å². The first-order valence-electron chi connectivity index (χ1n) is 6.78. The van der Waals surface area contributed by atoms with Gasteiger partial charge >= 0.3 is 0 Å². The Morgan fingerprint density at radius 2 is 2.05 bits per heavy atom. The lowest BCUT2D eigenvalue weighted by Gasteiger charge is -2.12. The third kappa shape index (κ3) is 6.12. The van der Waals surface area contributed by atoms with Gasteiger partial charge in [0.15, 0.2) is 15.8 Å². The minimum Gasteiger partial charge on any atom is -0.355 e. The van der Waals surface area contributed by atoms with Gasteiger partial charge in [0.25, 0.3) is 0 Å². The molecule has 0 bridgehead atoms. The number of rotatable bonds is 6. The van der Waals surface area contributed by atoms with Crippen molar-refractivity contribution in [3.63, 3.8) is 0 Å². The van der Waals surface area contributed by atoms with E-state index >= 15 is 0 Å². The molecule has 0 amide bonds. The summed E-state index contributed by atoms with van der Waals surface area (Å²) in [5.74, 6) is 0.431. The number of hydrogen-bond acceptors (Lipinski definition) is 3. The predicted octanol–water partition coefficient (Wildman–Crippen LogP) is 1.23. The number of aliphatic imine (C=N–C) groups is 1. The maximum Gasteiger partial charge on any atom is 0.191 e. The normalized spacial score (nSPS) is 12.3. The Kier molecular flexibility index (Phi) is 6.61. The van der Waals surface area contributed by atoms with Crippen LogP contribution in [0.1, 0.15) is 18.1 Å². The quantitative estimate of drug-likeness (QED) is 0.612. The van der Waals surface area contributed by atoms with Gasteiger partial charge in [-0.25, -0.2) is 12.8 Å². The van der Waals surface area contributed by atoms with E-state index in [4.69, 9.17) is 0 Å². The van der Waals surface area contributed by atoms with Crippen LogP contribution < -0.4 is 10.6 Å². The van der Waals surface area contributed by atoms with Crippen molar-refractivity contribution >= 4 is 15.8 Å². The van der Waals surface area contributed by atoms with Gasteiger partial charge in [0, 0.05) is 25.9 Å². The van der Waals surface area contributed by atoms with Gasteiger partial charge in [-0.05, 0) is 24.1 Å². The molecule has 0 radical (unpaired) electrons. The molecule has 118 valence electrons. The zero-order valence-corrected chi connectivity index (χ0v) is 13.4. The highest BCUT2D eigenvalue weighted by Crippen LogP contribution is 2.08. The lowest BCUT2D eigenvalue weighted by molar-refractivity contribution is 0.595. The van der Waals surface area contributed by atoms with Crippen molar-refractivity contribution in [2.75, 3.05) is 25.1 Å². The predicted molar refractivity (Wildman–Crippen MR) is 83.7 cm³/mol. The van der Waals surface area contributed by atoms with Crippen LogP contribution in [0.25, 0.3) is 0 Å². The van der Waals surface area contributed by atoms with Crippen molar-refractivity contribution in [3.05, 3.63) is 35.1 Å². The summed E-state index contributed by atoms with van der Waals surface area (Å²) in [6.07, 6.45) is 0. The van der Waals surface area contributed by atoms with Crippen LogP contribution >= 0.6 is 0 Å². The van der Waals surface area contributed by atoms with Crippen LogP contribution in [0.15, 0.2) is 23.2 Å². The summed E-state index contributed by atoms with van der Waals surface area (Å²) in [6.45, 7) is 4.03. The van der Waals surface area contributed by atoms with E-state index in [9.17, 15) is 12.8 Å². The molecule has 0 aliphatic heterocycles. The van der Waals surface area contributed by atoms with Crippen molar-refractivity contribution in [3.8, 4) is 0 Å². The molecule has 0 atom stereocenters. The topological polar surface area (TPSA) is 70.6 Å². The highest BCUT2D eigenvalue weighted by Gasteiger charge is 2.07. The van der Waals surface area contributed by atoms with Crippen LogP contribution in [0.3, 0.4) is 0 Å². The number of aryl methyl sites for hydroxylation is 1. The van der Waals surface area contributed by atoms with E-state index in [-0.39, 0.29) is 23.9 Å². The van der Waals surface area contributed by atoms with E-state index in [1.807, 2.05) is 6.07 Å². The fourth-order valence-electron chi connectivity index (χ4n) is 1.62. The molecule has 0 saturated carbocycles. The van der Waals surface area contributed by atoms with Crippen LogP contribution in [0.2, 0.25) is 0 Å². The molecule has 1 rings (SSSR count). The van der Waals surface area contributed by atoms with Crippen LogP contribution in [0.5, 0.6) is 0 Å². The SMILES string of the molecule is CCS(=O)(=O)CCNC(=NC)NCc1ccc(C)c(F)c1. The molecule has 1 aromatic carbocycles. The van der Waals surface area contributed by atoms with E-state index in [1.54, 1.807) is 27.0 Å². The smallest absolute Gasteiger partial charge is 0.191 e. The number of nitrogens with zero attached hydrogens (tertiary/aromatic N) is 1. The third-order valence-corrected chi connectivity index (χ3v) is 4.77. The minimum atomic E-state index is -3.00. The summed E-state index contributed by atoms with van der Waals surface area (Å²) in [5.41, 5.74) is 1.40. The maximum atomic E-state index is 13.4. The van der Waals surface area contributed by atoms with Crippen molar-refractivity contribution in [2.24, 2.45) is 4.99 Å². The van der Waals surface area contributed by atoms with Gasteiger partial charge in [-0.2, -0.15) is 0 Å². The van der Waals surface area contributed by atoms with E-state index in [0.717, 1.165) is 5.56 Å². The van der Waals surface area contributed by atoms with Crippen molar-refractivity contribution < 1.29 is 12.8 Å². The highest BCUT2D eigenvalue weighted by molar-refractivity contribution is 7.91. The van der Waals surface area contributed by atoms with E-state index < -0.39 is 9.84 Å². The Morgan fingerprint density at radius 1 is 1.33 bits per heavy atom. The fourth-order valence-corrected chi connectivity index (χ4v) is 2.32. The molecule has 2 N–H and O–H groups in total. The molecule has 0 unspecified atom stereocenters. The van der Waals surface area contributed by atoms with E-state index in [2.05, 4.69) is 15.6 Å². The van der Waals surface area contributed by atoms with Crippen molar-refractivity contribution in [1.29, 1.82) is 0 Å². The second-order valence-electron chi connectivity index (χ2n) is 4.67. The van der Waals surface area contributed by atoms with Crippen LogP contribution in [-0.4, -0.2) is 39.5 Å². The fraction of sp³-hybridized carbons (Fsp3) is 0.500. The Balaban J connectivity index is 2.46. The van der Waals surface area contributed by atoms with Crippen LogP contribution in [-0.2, 0) is 16.4 Å². The third-order valence-electron chi connectivity index (χ3n) is 3.07. The number of hydrogen-bond donors (Lipinski definition) is 2. The van der Waals surface area contributed by atoms with Gasteiger partial charge in [-0.3, -0.25) is 4.99 Å². The Morgan fingerprint density at radius 3 is 2.62 bits per heavy atom. The van der Waals surface area contributed by atoms with Gasteiger partial charge in [-0.1, -0.05) is 19.1 Å². The summed E-state index contributed by atoms with van der Waals surface area (Å²) in [7, 11) is -1.40. The minimum absolute atomic E-state index is 0.0589. The second-order valence-corrected chi connectivity index (χ2v) is 7.15. The lowest BCUT2D eigenvalue weighted by atomic mass is 10.1. The first-order chi connectivity index (χ1) is 9.88. The van der Waals surface area contributed by atoms with Crippen LogP contribution in [0.4, 0.5) is 4.39 Å². The molecule has 0 heterocycles. The zero-order valence-electron chi connectivity index (χ0n) is 12.6.